The fourth-order valence-corrected chi connectivity index (χ4v) is 5.23. The normalized spacial score (nSPS) is 19.8. The number of fused-ring (bicyclic) bond motifs is 1. The molecule has 0 bridgehead atoms. The third-order valence-electron chi connectivity index (χ3n) is 5.70. The first-order chi connectivity index (χ1) is 14.4. The van der Waals surface area contributed by atoms with Gasteiger partial charge >= 0.3 is 0 Å². The van der Waals surface area contributed by atoms with Crippen molar-refractivity contribution < 1.29 is 4.79 Å². The van der Waals surface area contributed by atoms with E-state index in [1.807, 2.05) is 12.1 Å². The number of anilines is 1. The number of pyridine rings is 1. The predicted molar refractivity (Wildman–Crippen MR) is 120 cm³/mol. The Kier molecular flexibility index (Phi) is 5.82. The van der Waals surface area contributed by atoms with Crippen LogP contribution < -0.4 is 10.9 Å². The molecule has 0 saturated carbocycles. The Labute approximate surface area is 181 Å². The number of thioether (sulfide) groups is 1. The summed E-state index contributed by atoms with van der Waals surface area (Å²) in [6.45, 7) is 6.38. The fraction of sp³-hybridized carbons (Fsp3) is 0.478. The molecule has 7 heteroatoms. The number of rotatable bonds is 6. The smallest absolute Gasteiger partial charge is 0.257 e. The molecule has 0 fully saturated rings. The second-order valence-electron chi connectivity index (χ2n) is 8.87. The maximum absolute atomic E-state index is 13.2. The van der Waals surface area contributed by atoms with Crippen molar-refractivity contribution in [2.45, 2.75) is 63.9 Å². The molecule has 2 aromatic heterocycles. The van der Waals surface area contributed by atoms with Gasteiger partial charge in [0.25, 0.3) is 5.56 Å². The number of allylic oxidation sites excluding steroid dienone is 2. The second kappa shape index (κ2) is 8.38. The molecular weight excluding hydrogens is 396 g/mol. The Bertz CT molecular complexity index is 1040. The number of hydrogen-bond donors (Lipinski definition) is 2. The number of unbranched alkanes of at least 4 members (excludes halogenated alkanes) is 2. The molecule has 2 aliphatic rings. The maximum Gasteiger partial charge on any atom is 0.257 e. The Hall–Kier alpha value is -2.41. The van der Waals surface area contributed by atoms with Crippen LogP contribution in [0.3, 0.4) is 0 Å². The van der Waals surface area contributed by atoms with Crippen molar-refractivity contribution in [3.8, 4) is 0 Å². The number of aromatic amines is 1. The van der Waals surface area contributed by atoms with Crippen molar-refractivity contribution >= 4 is 23.4 Å². The zero-order chi connectivity index (χ0) is 21.3. The van der Waals surface area contributed by atoms with Gasteiger partial charge in [0.15, 0.2) is 10.9 Å². The van der Waals surface area contributed by atoms with Gasteiger partial charge in [0.05, 0.1) is 5.56 Å². The van der Waals surface area contributed by atoms with Gasteiger partial charge < -0.3 is 10.3 Å². The summed E-state index contributed by atoms with van der Waals surface area (Å²) >= 11 is 1.57. The number of nitrogens with one attached hydrogen (secondary N) is 2. The van der Waals surface area contributed by atoms with Crippen LogP contribution >= 0.6 is 11.8 Å². The molecular formula is C23H28N4O2S. The largest absolute Gasteiger partial charge is 0.343 e. The minimum atomic E-state index is -0.441. The number of aromatic nitrogens is 3. The zero-order valence-corrected chi connectivity index (χ0v) is 18.6. The summed E-state index contributed by atoms with van der Waals surface area (Å²) in [5.74, 6) is 1.13. The van der Waals surface area contributed by atoms with Crippen LogP contribution in [0.5, 0.6) is 0 Å². The van der Waals surface area contributed by atoms with E-state index >= 15 is 0 Å². The van der Waals surface area contributed by atoms with Gasteiger partial charge in [-0.25, -0.2) is 4.98 Å². The molecule has 1 aliphatic carbocycles. The molecule has 0 aromatic carbocycles. The predicted octanol–water partition coefficient (Wildman–Crippen LogP) is 4.65. The first-order valence-electron chi connectivity index (χ1n) is 10.6. The van der Waals surface area contributed by atoms with Gasteiger partial charge in [-0.05, 0) is 29.9 Å². The van der Waals surface area contributed by atoms with Crippen molar-refractivity contribution in [1.82, 2.24) is 15.0 Å². The monoisotopic (exact) mass is 424 g/mol. The van der Waals surface area contributed by atoms with Gasteiger partial charge in [0.2, 0.25) is 0 Å². The second-order valence-corrected chi connectivity index (χ2v) is 9.95. The van der Waals surface area contributed by atoms with Crippen molar-refractivity contribution in [3.05, 3.63) is 57.3 Å². The van der Waals surface area contributed by atoms with E-state index in [2.05, 4.69) is 36.1 Å². The summed E-state index contributed by atoms with van der Waals surface area (Å²) < 4.78 is 0. The first kappa shape index (κ1) is 20.8. The van der Waals surface area contributed by atoms with E-state index in [4.69, 9.17) is 4.98 Å². The molecule has 1 aliphatic heterocycles. The molecule has 2 N–H and O–H groups in total. The number of nitrogens with zero attached hydrogens (tertiary/aromatic N) is 2. The van der Waals surface area contributed by atoms with Crippen LogP contribution in [0.2, 0.25) is 0 Å². The lowest BCUT2D eigenvalue weighted by Gasteiger charge is -2.38. The van der Waals surface area contributed by atoms with Gasteiger partial charge in [0.1, 0.15) is 5.82 Å². The van der Waals surface area contributed by atoms with Crippen LogP contribution in [0.1, 0.15) is 69.9 Å². The number of Topliss-reactive ketones (excluding diaryl/α,β-unsaturated/α-hetero) is 1. The van der Waals surface area contributed by atoms with Crippen LogP contribution in [-0.4, -0.2) is 26.5 Å². The molecule has 3 heterocycles. The lowest BCUT2D eigenvalue weighted by Crippen LogP contribution is -2.37. The summed E-state index contributed by atoms with van der Waals surface area (Å²) in [7, 11) is 0. The highest BCUT2D eigenvalue weighted by Crippen LogP contribution is 2.47. The average molecular weight is 425 g/mol. The number of carbonyl (C=O) groups excluding carboxylic acids is 1. The van der Waals surface area contributed by atoms with Gasteiger partial charge in [-0.3, -0.25) is 14.6 Å². The van der Waals surface area contributed by atoms with Crippen LogP contribution in [0.15, 0.2) is 45.7 Å². The highest BCUT2D eigenvalue weighted by molar-refractivity contribution is 7.99. The Morgan fingerprint density at radius 3 is 2.80 bits per heavy atom. The van der Waals surface area contributed by atoms with Crippen molar-refractivity contribution in [1.29, 1.82) is 0 Å². The average Bonchev–Trinajstić information content (AvgIpc) is 2.69. The van der Waals surface area contributed by atoms with Crippen LogP contribution in [0.25, 0.3) is 0 Å². The fourth-order valence-electron chi connectivity index (χ4n) is 4.36. The van der Waals surface area contributed by atoms with E-state index in [1.165, 1.54) is 0 Å². The summed E-state index contributed by atoms with van der Waals surface area (Å²) in [6.07, 6.45) is 8.07. The first-order valence-corrected chi connectivity index (χ1v) is 11.6. The standard InChI is InChI=1S/C23H28N4O2S/c1-4-5-6-10-30-22-26-20-19(21(29)27-22)17(14-8-7-9-24-13-14)18-15(25-20)11-23(2,3)12-16(18)28/h7-9,13,17H,4-6,10-12H2,1-3H3,(H2,25,26,27,29). The van der Waals surface area contributed by atoms with Gasteiger partial charge in [-0.2, -0.15) is 0 Å². The molecule has 0 spiro atoms. The number of carbonyl (C=O) groups is 1. The number of H-pyrrole nitrogens is 1. The molecule has 0 radical (unpaired) electrons. The Morgan fingerprint density at radius 2 is 2.07 bits per heavy atom. The zero-order valence-electron chi connectivity index (χ0n) is 17.7. The molecule has 1 unspecified atom stereocenters. The van der Waals surface area contributed by atoms with Crippen molar-refractivity contribution in [2.75, 3.05) is 11.1 Å². The molecule has 2 aromatic rings. The molecule has 0 amide bonds. The summed E-state index contributed by atoms with van der Waals surface area (Å²) in [4.78, 5) is 38.2. The van der Waals surface area contributed by atoms with E-state index < -0.39 is 5.92 Å². The molecule has 30 heavy (non-hydrogen) atoms. The number of ketones is 1. The SMILES string of the molecule is CCCCCSc1nc2c(c(=O)[nH]1)C(c1cccnc1)C1=C(CC(C)(C)CC1=O)N2. The Morgan fingerprint density at radius 1 is 1.23 bits per heavy atom. The van der Waals surface area contributed by atoms with Gasteiger partial charge in [-0.15, -0.1) is 0 Å². The molecule has 1 atom stereocenters. The van der Waals surface area contributed by atoms with E-state index in [-0.39, 0.29) is 16.8 Å². The minimum Gasteiger partial charge on any atom is -0.343 e. The van der Waals surface area contributed by atoms with Crippen molar-refractivity contribution in [2.24, 2.45) is 5.41 Å². The van der Waals surface area contributed by atoms with Crippen LogP contribution in [-0.2, 0) is 4.79 Å². The van der Waals surface area contributed by atoms with E-state index in [9.17, 15) is 9.59 Å². The van der Waals surface area contributed by atoms with Gasteiger partial charge in [0, 0.05) is 41.8 Å². The van der Waals surface area contributed by atoms with Gasteiger partial charge in [-0.1, -0.05) is 51.4 Å². The number of hydrogen-bond acceptors (Lipinski definition) is 6. The maximum atomic E-state index is 13.2. The lowest BCUT2D eigenvalue weighted by atomic mass is 9.69. The topological polar surface area (TPSA) is 87.7 Å². The Balaban J connectivity index is 1.79. The third kappa shape index (κ3) is 4.08. The minimum absolute atomic E-state index is 0.0886. The van der Waals surface area contributed by atoms with E-state index in [1.54, 1.807) is 24.2 Å². The summed E-state index contributed by atoms with van der Waals surface area (Å²) in [5.41, 5.74) is 2.61. The van der Waals surface area contributed by atoms with E-state index in [0.29, 0.717) is 28.5 Å². The third-order valence-corrected chi connectivity index (χ3v) is 6.66. The molecule has 4 rings (SSSR count). The van der Waals surface area contributed by atoms with Crippen LogP contribution in [0, 0.1) is 5.41 Å². The molecule has 158 valence electrons. The quantitative estimate of drug-likeness (QED) is 0.399. The highest BCUT2D eigenvalue weighted by Gasteiger charge is 2.42. The van der Waals surface area contributed by atoms with Crippen molar-refractivity contribution in [3.63, 3.8) is 0 Å². The van der Waals surface area contributed by atoms with E-state index in [0.717, 1.165) is 42.7 Å². The molecule has 6 nitrogen and oxygen atoms in total. The summed E-state index contributed by atoms with van der Waals surface area (Å²) in [5, 5.41) is 3.98. The lowest BCUT2D eigenvalue weighted by molar-refractivity contribution is -0.118. The van der Waals surface area contributed by atoms with Crippen LogP contribution in [0.4, 0.5) is 5.82 Å². The molecule has 0 saturated heterocycles. The summed E-state index contributed by atoms with van der Waals surface area (Å²) in [6, 6.07) is 3.77. The highest BCUT2D eigenvalue weighted by atomic mass is 32.2.